The normalized spacial score (nSPS) is 11.1. The van der Waals surface area contributed by atoms with Gasteiger partial charge in [-0.2, -0.15) is 5.10 Å². The molecule has 0 aliphatic carbocycles. The number of rotatable bonds is 7. The highest BCUT2D eigenvalue weighted by atomic mass is 79.9. The molecular weight excluding hydrogens is 444 g/mol. The number of pyridine rings is 1. The number of aromatic nitrogens is 1. The van der Waals surface area contributed by atoms with Crippen LogP contribution in [-0.4, -0.2) is 44.7 Å². The van der Waals surface area contributed by atoms with Crippen molar-refractivity contribution in [2.45, 2.75) is 13.8 Å². The van der Waals surface area contributed by atoms with Crippen LogP contribution in [0.2, 0.25) is 0 Å². The summed E-state index contributed by atoms with van der Waals surface area (Å²) in [6.45, 7) is 5.89. The van der Waals surface area contributed by atoms with Crippen molar-refractivity contribution >= 4 is 55.8 Å². The molecule has 1 N–H and O–H groups in total. The largest absolute Gasteiger partial charge is 0.358 e. The fourth-order valence-electron chi connectivity index (χ4n) is 2.21. The average Bonchev–Trinajstić information content (AvgIpc) is 2.70. The van der Waals surface area contributed by atoms with Crippen LogP contribution in [0.25, 0.3) is 0 Å². The van der Waals surface area contributed by atoms with E-state index in [1.807, 2.05) is 24.3 Å². The predicted octanol–water partition coefficient (Wildman–Crippen LogP) is 4.34. The number of halogens is 1. The molecule has 0 saturated heterocycles. The molecule has 2 rings (SSSR count). The van der Waals surface area contributed by atoms with Crippen LogP contribution >= 0.6 is 39.9 Å². The molecular formula is C19H21BrN4OS2. The second kappa shape index (κ2) is 11.2. The minimum Gasteiger partial charge on any atom is -0.358 e. The SMILES string of the molecule is CCN(CC)C(=S)SCC(=NNC(=O)c1ccncc1)c1ccc(Br)cc1. The molecule has 27 heavy (non-hydrogen) atoms. The molecule has 0 atom stereocenters. The lowest BCUT2D eigenvalue weighted by Crippen LogP contribution is -2.28. The predicted molar refractivity (Wildman–Crippen MR) is 120 cm³/mol. The Morgan fingerprint density at radius 2 is 1.78 bits per heavy atom. The third kappa shape index (κ3) is 6.71. The molecule has 0 radical (unpaired) electrons. The molecule has 2 aromatic rings. The van der Waals surface area contributed by atoms with Crippen LogP contribution in [0.3, 0.4) is 0 Å². The molecule has 0 spiro atoms. The Bertz CT molecular complexity index is 793. The lowest BCUT2D eigenvalue weighted by atomic mass is 10.1. The van der Waals surface area contributed by atoms with Crippen LogP contribution in [0.15, 0.2) is 58.4 Å². The van der Waals surface area contributed by atoms with Crippen molar-refractivity contribution in [1.29, 1.82) is 0 Å². The third-order valence-corrected chi connectivity index (χ3v) is 5.83. The molecule has 0 unspecified atom stereocenters. The molecule has 0 aliphatic rings. The van der Waals surface area contributed by atoms with E-state index >= 15 is 0 Å². The first kappa shape index (κ1) is 21.5. The van der Waals surface area contributed by atoms with Crippen LogP contribution in [0.5, 0.6) is 0 Å². The highest BCUT2D eigenvalue weighted by Gasteiger charge is 2.11. The lowest BCUT2D eigenvalue weighted by Gasteiger charge is -2.21. The zero-order valence-corrected chi connectivity index (χ0v) is 18.4. The van der Waals surface area contributed by atoms with E-state index in [2.05, 4.69) is 50.2 Å². The zero-order chi connectivity index (χ0) is 19.6. The number of carbonyl (C=O) groups excluding carboxylic acids is 1. The summed E-state index contributed by atoms with van der Waals surface area (Å²) < 4.78 is 1.81. The summed E-state index contributed by atoms with van der Waals surface area (Å²) in [5, 5.41) is 4.37. The van der Waals surface area contributed by atoms with Crippen LogP contribution < -0.4 is 5.43 Å². The molecule has 5 nitrogen and oxygen atoms in total. The number of hydrogen-bond donors (Lipinski definition) is 1. The molecule has 1 heterocycles. The fraction of sp³-hybridized carbons (Fsp3) is 0.263. The van der Waals surface area contributed by atoms with Crippen molar-refractivity contribution in [1.82, 2.24) is 15.3 Å². The number of hydrazone groups is 1. The minimum atomic E-state index is -0.275. The van der Waals surface area contributed by atoms with Crippen molar-refractivity contribution in [3.05, 3.63) is 64.4 Å². The van der Waals surface area contributed by atoms with Crippen LogP contribution in [0, 0.1) is 0 Å². The van der Waals surface area contributed by atoms with Gasteiger partial charge >= 0.3 is 0 Å². The summed E-state index contributed by atoms with van der Waals surface area (Å²) in [6.07, 6.45) is 3.15. The Kier molecular flexibility index (Phi) is 8.90. The van der Waals surface area contributed by atoms with E-state index < -0.39 is 0 Å². The van der Waals surface area contributed by atoms with Gasteiger partial charge in [0.1, 0.15) is 4.32 Å². The molecule has 8 heteroatoms. The maximum Gasteiger partial charge on any atom is 0.271 e. The minimum absolute atomic E-state index is 0.275. The van der Waals surface area contributed by atoms with E-state index in [-0.39, 0.29) is 5.91 Å². The second-order valence-electron chi connectivity index (χ2n) is 5.47. The van der Waals surface area contributed by atoms with Crippen LogP contribution in [-0.2, 0) is 0 Å². The van der Waals surface area contributed by atoms with Gasteiger partial charge in [-0.05, 0) is 43.7 Å². The van der Waals surface area contributed by atoms with Crippen molar-refractivity contribution in [2.24, 2.45) is 5.10 Å². The zero-order valence-electron chi connectivity index (χ0n) is 15.2. The summed E-state index contributed by atoms with van der Waals surface area (Å²) in [5.74, 6) is 0.288. The maximum absolute atomic E-state index is 12.3. The van der Waals surface area contributed by atoms with Crippen molar-refractivity contribution in [3.8, 4) is 0 Å². The molecule has 1 aromatic carbocycles. The lowest BCUT2D eigenvalue weighted by molar-refractivity contribution is 0.0954. The number of nitrogens with one attached hydrogen (secondary N) is 1. The highest BCUT2D eigenvalue weighted by molar-refractivity contribution is 9.10. The monoisotopic (exact) mass is 464 g/mol. The summed E-state index contributed by atoms with van der Waals surface area (Å²) in [7, 11) is 0. The van der Waals surface area contributed by atoms with Gasteiger partial charge in [-0.25, -0.2) is 5.43 Å². The number of thioether (sulfide) groups is 1. The fourth-order valence-corrected chi connectivity index (χ4v) is 3.84. The van der Waals surface area contributed by atoms with Crippen molar-refractivity contribution in [3.63, 3.8) is 0 Å². The van der Waals surface area contributed by atoms with Crippen LogP contribution in [0.4, 0.5) is 0 Å². The van der Waals surface area contributed by atoms with Crippen molar-refractivity contribution in [2.75, 3.05) is 18.8 Å². The summed E-state index contributed by atoms with van der Waals surface area (Å²) in [4.78, 5) is 18.3. The van der Waals surface area contributed by atoms with Gasteiger partial charge in [-0.1, -0.05) is 52.0 Å². The van der Waals surface area contributed by atoms with E-state index in [1.54, 1.807) is 36.3 Å². The maximum atomic E-state index is 12.3. The first-order valence-electron chi connectivity index (χ1n) is 8.49. The Hall–Kier alpha value is -1.77. The van der Waals surface area contributed by atoms with Gasteiger partial charge < -0.3 is 4.90 Å². The molecule has 1 amide bonds. The number of amides is 1. The molecule has 0 bridgehead atoms. The van der Waals surface area contributed by atoms with E-state index in [0.717, 1.165) is 33.2 Å². The summed E-state index contributed by atoms with van der Waals surface area (Å²) in [6, 6.07) is 11.1. The Labute approximate surface area is 177 Å². The number of thiocarbonyl (C=S) groups is 1. The number of nitrogens with zero attached hydrogens (tertiary/aromatic N) is 3. The molecule has 1 aromatic heterocycles. The molecule has 0 fully saturated rings. The van der Waals surface area contributed by atoms with Gasteiger partial charge in [-0.15, -0.1) is 0 Å². The summed E-state index contributed by atoms with van der Waals surface area (Å²) in [5.41, 5.74) is 4.83. The smallest absolute Gasteiger partial charge is 0.271 e. The molecule has 142 valence electrons. The van der Waals surface area contributed by atoms with Gasteiger partial charge in [0.05, 0.1) is 5.71 Å². The van der Waals surface area contributed by atoms with Gasteiger partial charge in [0, 0.05) is 41.3 Å². The van der Waals surface area contributed by atoms with E-state index in [1.165, 1.54) is 0 Å². The van der Waals surface area contributed by atoms with E-state index in [0.29, 0.717) is 11.3 Å². The number of benzene rings is 1. The van der Waals surface area contributed by atoms with E-state index in [9.17, 15) is 4.79 Å². The number of hydrogen-bond acceptors (Lipinski definition) is 5. The Balaban J connectivity index is 2.15. The second-order valence-corrected chi connectivity index (χ2v) is 7.99. The van der Waals surface area contributed by atoms with Gasteiger partial charge in [-0.3, -0.25) is 9.78 Å². The van der Waals surface area contributed by atoms with Gasteiger partial charge in [0.2, 0.25) is 0 Å². The molecule has 0 aliphatic heterocycles. The number of carbonyl (C=O) groups is 1. The van der Waals surface area contributed by atoms with Gasteiger partial charge in [0.15, 0.2) is 0 Å². The topological polar surface area (TPSA) is 57.6 Å². The third-order valence-electron chi connectivity index (χ3n) is 3.77. The van der Waals surface area contributed by atoms with E-state index in [4.69, 9.17) is 12.2 Å². The first-order chi connectivity index (χ1) is 13.0. The van der Waals surface area contributed by atoms with Crippen LogP contribution in [0.1, 0.15) is 29.8 Å². The van der Waals surface area contributed by atoms with Crippen molar-refractivity contribution < 1.29 is 4.79 Å². The van der Waals surface area contributed by atoms with Gasteiger partial charge in [0.25, 0.3) is 5.91 Å². The Morgan fingerprint density at radius 1 is 1.15 bits per heavy atom. The average molecular weight is 465 g/mol. The standard InChI is InChI=1S/C19H21BrN4OS2/c1-3-24(4-2)19(26)27-13-17(14-5-7-16(20)8-6-14)22-23-18(25)15-9-11-21-12-10-15/h5-12H,3-4,13H2,1-2H3,(H,23,25). The molecule has 0 saturated carbocycles. The highest BCUT2D eigenvalue weighted by Crippen LogP contribution is 2.16. The Morgan fingerprint density at radius 3 is 2.37 bits per heavy atom. The first-order valence-corrected chi connectivity index (χ1v) is 10.7. The summed E-state index contributed by atoms with van der Waals surface area (Å²) >= 11 is 10.5. The quantitative estimate of drug-likeness (QED) is 0.375.